The van der Waals surface area contributed by atoms with Gasteiger partial charge >= 0.3 is 0 Å². The van der Waals surface area contributed by atoms with Crippen molar-refractivity contribution in [3.63, 3.8) is 0 Å². The smallest absolute Gasteiger partial charge is 0.219 e. The monoisotopic (exact) mass is 236 g/mol. The predicted molar refractivity (Wildman–Crippen MR) is 71.4 cm³/mol. The summed E-state index contributed by atoms with van der Waals surface area (Å²) in [6.07, 6.45) is 4.64. The van der Waals surface area contributed by atoms with Gasteiger partial charge in [0.1, 0.15) is 0 Å². The number of nitrogens with one attached hydrogen (secondary N) is 1. The van der Waals surface area contributed by atoms with E-state index >= 15 is 0 Å². The summed E-state index contributed by atoms with van der Waals surface area (Å²) in [7, 11) is 0. The molecule has 3 N–H and O–H groups in total. The number of nitrogens with zero attached hydrogens (tertiary/aromatic N) is 2. The normalized spacial score (nSPS) is 12.8. The number of nitrogens with two attached hydrogens (primary N) is 1. The van der Waals surface area contributed by atoms with E-state index in [4.69, 9.17) is 5.73 Å². The van der Waals surface area contributed by atoms with Gasteiger partial charge in [-0.1, -0.05) is 20.8 Å². The third-order valence-corrected chi connectivity index (χ3v) is 2.47. The van der Waals surface area contributed by atoms with E-state index in [0.29, 0.717) is 11.4 Å². The molecule has 1 aromatic rings. The third-order valence-electron chi connectivity index (χ3n) is 2.47. The number of aromatic nitrogens is 2. The molecule has 1 rings (SSSR count). The summed E-state index contributed by atoms with van der Waals surface area (Å²) in [5, 5.41) is 3.53. The fourth-order valence-electron chi connectivity index (χ4n) is 2.19. The summed E-state index contributed by atoms with van der Waals surface area (Å²) >= 11 is 0. The van der Waals surface area contributed by atoms with Crippen LogP contribution in [0.2, 0.25) is 0 Å². The van der Waals surface area contributed by atoms with Crippen LogP contribution in [0, 0.1) is 5.41 Å². The Kier molecular flexibility index (Phi) is 4.09. The summed E-state index contributed by atoms with van der Waals surface area (Å²) in [4.78, 5) is 7.96. The Morgan fingerprint density at radius 2 is 1.65 bits per heavy atom. The first kappa shape index (κ1) is 13.9. The highest BCUT2D eigenvalue weighted by molar-refractivity contribution is 5.17. The van der Waals surface area contributed by atoms with Crippen molar-refractivity contribution in [2.75, 3.05) is 5.73 Å². The topological polar surface area (TPSA) is 63.8 Å². The highest BCUT2D eigenvalue weighted by Gasteiger charge is 2.24. The molecule has 1 heterocycles. The Labute approximate surface area is 104 Å². The minimum Gasteiger partial charge on any atom is -0.368 e. The number of rotatable bonds is 4. The minimum absolute atomic E-state index is 0.0969. The molecule has 0 saturated heterocycles. The van der Waals surface area contributed by atoms with Gasteiger partial charge in [0.05, 0.1) is 0 Å². The molecule has 96 valence electrons. The van der Waals surface area contributed by atoms with Crippen LogP contribution in [-0.2, 0) is 6.54 Å². The van der Waals surface area contributed by atoms with Crippen LogP contribution in [0.5, 0.6) is 0 Å². The van der Waals surface area contributed by atoms with Crippen molar-refractivity contribution in [2.24, 2.45) is 5.41 Å². The Balaban J connectivity index is 2.52. The molecule has 17 heavy (non-hydrogen) atoms. The van der Waals surface area contributed by atoms with Crippen molar-refractivity contribution < 1.29 is 0 Å². The maximum atomic E-state index is 5.45. The van der Waals surface area contributed by atoms with Gasteiger partial charge in [-0.25, -0.2) is 9.97 Å². The molecule has 1 aromatic heterocycles. The molecule has 0 unspecified atom stereocenters. The van der Waals surface area contributed by atoms with E-state index in [1.807, 2.05) is 0 Å². The van der Waals surface area contributed by atoms with Gasteiger partial charge in [0, 0.05) is 30.0 Å². The second-order valence-corrected chi connectivity index (χ2v) is 6.42. The first-order valence-corrected chi connectivity index (χ1v) is 5.99. The SMILES string of the molecule is CC(C)(C)CC(C)(C)NCc1cnc(N)nc1. The Morgan fingerprint density at radius 1 is 1.12 bits per heavy atom. The second-order valence-electron chi connectivity index (χ2n) is 6.42. The summed E-state index contributed by atoms with van der Waals surface area (Å²) in [6, 6.07) is 0. The molecule has 0 aromatic carbocycles. The van der Waals surface area contributed by atoms with Gasteiger partial charge in [0.15, 0.2) is 0 Å². The molecule has 0 saturated carbocycles. The molecule has 0 atom stereocenters. The van der Waals surface area contributed by atoms with Crippen LogP contribution in [0.1, 0.15) is 46.6 Å². The van der Waals surface area contributed by atoms with Crippen LogP contribution in [0.25, 0.3) is 0 Å². The first-order valence-electron chi connectivity index (χ1n) is 5.99. The Bertz CT molecular complexity index is 349. The molecule has 0 spiro atoms. The second kappa shape index (κ2) is 5.00. The molecule has 0 fully saturated rings. The number of nitrogen functional groups attached to an aromatic ring is 1. The zero-order chi connectivity index (χ0) is 13.1. The molecular formula is C13H24N4. The molecule has 0 radical (unpaired) electrons. The van der Waals surface area contributed by atoms with Gasteiger partial charge in [-0.05, 0) is 25.7 Å². The van der Waals surface area contributed by atoms with Gasteiger partial charge in [0.25, 0.3) is 0 Å². The van der Waals surface area contributed by atoms with Gasteiger partial charge in [-0.3, -0.25) is 0 Å². The first-order chi connectivity index (χ1) is 7.68. The molecule has 0 aliphatic heterocycles. The molecule has 0 bridgehead atoms. The van der Waals surface area contributed by atoms with E-state index in [-0.39, 0.29) is 5.54 Å². The highest BCUT2D eigenvalue weighted by Crippen LogP contribution is 2.26. The maximum Gasteiger partial charge on any atom is 0.219 e. The summed E-state index contributed by atoms with van der Waals surface area (Å²) in [6.45, 7) is 12.0. The molecule has 4 nitrogen and oxygen atoms in total. The van der Waals surface area contributed by atoms with E-state index in [1.165, 1.54) is 0 Å². The lowest BCUT2D eigenvalue weighted by Gasteiger charge is -2.33. The van der Waals surface area contributed by atoms with E-state index < -0.39 is 0 Å². The summed E-state index contributed by atoms with van der Waals surface area (Å²) in [5.41, 5.74) is 6.92. The van der Waals surface area contributed by atoms with Crippen molar-refractivity contribution in [3.8, 4) is 0 Å². The average molecular weight is 236 g/mol. The molecule has 0 amide bonds. The largest absolute Gasteiger partial charge is 0.368 e. The van der Waals surface area contributed by atoms with Crippen LogP contribution in [0.15, 0.2) is 12.4 Å². The van der Waals surface area contributed by atoms with Crippen molar-refractivity contribution >= 4 is 5.95 Å². The van der Waals surface area contributed by atoms with Crippen molar-refractivity contribution in [1.82, 2.24) is 15.3 Å². The predicted octanol–water partition coefficient (Wildman–Crippen LogP) is 2.36. The third kappa shape index (κ3) is 5.63. The van der Waals surface area contributed by atoms with Crippen molar-refractivity contribution in [3.05, 3.63) is 18.0 Å². The van der Waals surface area contributed by atoms with Crippen LogP contribution >= 0.6 is 0 Å². The number of hydrogen-bond donors (Lipinski definition) is 2. The van der Waals surface area contributed by atoms with Gasteiger partial charge in [-0.15, -0.1) is 0 Å². The lowest BCUT2D eigenvalue weighted by atomic mass is 9.82. The van der Waals surface area contributed by atoms with Gasteiger partial charge in [-0.2, -0.15) is 0 Å². The summed E-state index contributed by atoms with van der Waals surface area (Å²) < 4.78 is 0. The van der Waals surface area contributed by atoms with Gasteiger partial charge < -0.3 is 11.1 Å². The van der Waals surface area contributed by atoms with Crippen LogP contribution in [-0.4, -0.2) is 15.5 Å². The van der Waals surface area contributed by atoms with E-state index in [2.05, 4.69) is 49.9 Å². The summed E-state index contributed by atoms with van der Waals surface area (Å²) in [5.74, 6) is 0.322. The Morgan fingerprint density at radius 3 is 2.12 bits per heavy atom. The van der Waals surface area contributed by atoms with Crippen LogP contribution in [0.4, 0.5) is 5.95 Å². The van der Waals surface area contributed by atoms with Crippen molar-refractivity contribution in [1.29, 1.82) is 0 Å². The molecule has 4 heteroatoms. The van der Waals surface area contributed by atoms with E-state index in [1.54, 1.807) is 12.4 Å². The van der Waals surface area contributed by atoms with Gasteiger partial charge in [0.2, 0.25) is 5.95 Å². The standard InChI is InChI=1S/C13H24N4/c1-12(2,3)9-13(4,5)17-8-10-6-15-11(14)16-7-10/h6-7,17H,8-9H2,1-5H3,(H2,14,15,16). The van der Waals surface area contributed by atoms with E-state index in [9.17, 15) is 0 Å². The zero-order valence-electron chi connectivity index (χ0n) is 11.5. The zero-order valence-corrected chi connectivity index (χ0v) is 11.5. The van der Waals surface area contributed by atoms with Crippen LogP contribution < -0.4 is 11.1 Å². The Hall–Kier alpha value is -1.16. The van der Waals surface area contributed by atoms with E-state index in [0.717, 1.165) is 18.5 Å². The lowest BCUT2D eigenvalue weighted by molar-refractivity contribution is 0.240. The van der Waals surface area contributed by atoms with Crippen molar-refractivity contribution in [2.45, 2.75) is 53.1 Å². The molecule has 0 aliphatic rings. The fourth-order valence-corrected chi connectivity index (χ4v) is 2.19. The molecular weight excluding hydrogens is 212 g/mol. The highest BCUT2D eigenvalue weighted by atomic mass is 15.0. The fraction of sp³-hybridized carbons (Fsp3) is 0.692. The molecule has 0 aliphatic carbocycles. The lowest BCUT2D eigenvalue weighted by Crippen LogP contribution is -2.41. The maximum absolute atomic E-state index is 5.45. The average Bonchev–Trinajstić information content (AvgIpc) is 2.13. The number of anilines is 1. The quantitative estimate of drug-likeness (QED) is 0.842. The van der Waals surface area contributed by atoms with Crippen LogP contribution in [0.3, 0.4) is 0 Å². The number of hydrogen-bond acceptors (Lipinski definition) is 4. The minimum atomic E-state index is 0.0969.